The molecule has 0 aromatic heterocycles. The number of hydrogen-bond donors (Lipinski definition) is 0. The van der Waals surface area contributed by atoms with E-state index in [-0.39, 0.29) is 5.78 Å². The molecule has 1 aliphatic rings. The lowest BCUT2D eigenvalue weighted by atomic mass is 10.1. The van der Waals surface area contributed by atoms with Crippen LogP contribution in [-0.2, 0) is 10.9 Å². The zero-order chi connectivity index (χ0) is 12.1. The molecule has 1 saturated heterocycles. The molecule has 17 heavy (non-hydrogen) atoms. The minimum Gasteiger partial charge on any atom is -0.497 e. The van der Waals surface area contributed by atoms with E-state index in [9.17, 15) is 4.79 Å². The van der Waals surface area contributed by atoms with Crippen LogP contribution < -0.4 is 4.74 Å². The van der Waals surface area contributed by atoms with Crippen molar-refractivity contribution in [3.8, 4) is 5.75 Å². The van der Waals surface area contributed by atoms with Crippen molar-refractivity contribution < 1.29 is 9.53 Å². The molecule has 1 aromatic carbocycles. The van der Waals surface area contributed by atoms with Gasteiger partial charge in [0.2, 0.25) is 5.78 Å². The second-order valence-electron chi connectivity index (χ2n) is 4.38. The van der Waals surface area contributed by atoms with Gasteiger partial charge in [0.25, 0.3) is 0 Å². The molecule has 1 aliphatic heterocycles. The third-order valence-electron chi connectivity index (χ3n) is 3.11. The first-order valence-electron chi connectivity index (χ1n) is 6.11. The summed E-state index contributed by atoms with van der Waals surface area (Å²) in [4.78, 5) is 12.1. The van der Waals surface area contributed by atoms with Gasteiger partial charge in [-0.25, -0.2) is 0 Å². The maximum atomic E-state index is 12.1. The summed E-state index contributed by atoms with van der Waals surface area (Å²) in [6.45, 7) is 0. The van der Waals surface area contributed by atoms with E-state index in [0.717, 1.165) is 17.1 Å². The molecule has 0 spiro atoms. The van der Waals surface area contributed by atoms with Crippen LogP contribution >= 0.6 is 0 Å². The number of carbonyl (C=O) groups is 1. The number of carbonyl (C=O) groups excluding carboxylic acids is 1. The molecule has 2 rings (SSSR count). The number of Topliss-reactive ketones (excluding diaryl/α,β-unsaturated/α-hetero) is 1. The molecule has 0 saturated carbocycles. The van der Waals surface area contributed by atoms with Crippen molar-refractivity contribution in [2.24, 2.45) is 0 Å². The summed E-state index contributed by atoms with van der Waals surface area (Å²) >= 11 is 0. The Morgan fingerprint density at radius 1 is 1.18 bits per heavy atom. The van der Waals surface area contributed by atoms with E-state index in [1.807, 2.05) is 24.3 Å². The SMILES string of the molecule is COc1ccc(C(=O)C[S+]2CCCCC2)cc1. The number of methoxy groups -OCH3 is 1. The van der Waals surface area contributed by atoms with Crippen molar-refractivity contribution in [2.75, 3.05) is 24.4 Å². The lowest BCUT2D eigenvalue weighted by Crippen LogP contribution is -2.25. The standard InChI is InChI=1S/C14H19O2S/c1-16-13-7-5-12(6-8-13)14(15)11-17-9-3-2-4-10-17/h5-8H,2-4,9-11H2,1H3/q+1. The maximum Gasteiger partial charge on any atom is 0.211 e. The first-order chi connectivity index (χ1) is 8.29. The molecule has 3 heteroatoms. The van der Waals surface area contributed by atoms with Gasteiger partial charge < -0.3 is 4.74 Å². The Balaban J connectivity index is 1.93. The average molecular weight is 251 g/mol. The van der Waals surface area contributed by atoms with Gasteiger partial charge in [-0.05, 0) is 54.4 Å². The van der Waals surface area contributed by atoms with Crippen molar-refractivity contribution in [1.82, 2.24) is 0 Å². The van der Waals surface area contributed by atoms with Crippen LogP contribution in [0.15, 0.2) is 24.3 Å². The van der Waals surface area contributed by atoms with E-state index >= 15 is 0 Å². The highest BCUT2D eigenvalue weighted by Gasteiger charge is 2.25. The topological polar surface area (TPSA) is 26.3 Å². The van der Waals surface area contributed by atoms with E-state index in [2.05, 4.69) is 0 Å². The molecule has 1 fully saturated rings. The molecular formula is C14H19O2S+. The summed E-state index contributed by atoms with van der Waals surface area (Å²) in [5.74, 6) is 4.34. The fourth-order valence-corrected chi connectivity index (χ4v) is 4.34. The summed E-state index contributed by atoms with van der Waals surface area (Å²) in [6.07, 6.45) is 3.96. The second-order valence-corrected chi connectivity index (χ2v) is 6.71. The summed E-state index contributed by atoms with van der Waals surface area (Å²) in [6, 6.07) is 7.46. The third-order valence-corrected chi connectivity index (χ3v) is 5.52. The van der Waals surface area contributed by atoms with Crippen molar-refractivity contribution in [3.05, 3.63) is 29.8 Å². The van der Waals surface area contributed by atoms with E-state index in [0.29, 0.717) is 10.9 Å². The Kier molecular flexibility index (Phi) is 4.49. The minimum atomic E-state index is 0.290. The van der Waals surface area contributed by atoms with Crippen LogP contribution in [0.3, 0.4) is 0 Å². The van der Waals surface area contributed by atoms with Gasteiger partial charge in [-0.15, -0.1) is 0 Å². The number of ether oxygens (including phenoxy) is 1. The highest BCUT2D eigenvalue weighted by molar-refractivity contribution is 7.97. The van der Waals surface area contributed by atoms with Gasteiger partial charge in [0.05, 0.1) is 7.11 Å². The van der Waals surface area contributed by atoms with E-state index in [4.69, 9.17) is 4.74 Å². The molecule has 0 N–H and O–H groups in total. The van der Waals surface area contributed by atoms with Crippen LogP contribution in [0, 0.1) is 0 Å². The normalized spacial score (nSPS) is 16.8. The number of hydrogen-bond acceptors (Lipinski definition) is 2. The fraction of sp³-hybridized carbons (Fsp3) is 0.500. The summed E-state index contributed by atoms with van der Waals surface area (Å²) < 4.78 is 5.09. The molecular weight excluding hydrogens is 232 g/mol. The molecule has 92 valence electrons. The first-order valence-corrected chi connectivity index (χ1v) is 7.84. The highest BCUT2D eigenvalue weighted by Crippen LogP contribution is 2.17. The van der Waals surface area contributed by atoms with Gasteiger partial charge >= 0.3 is 0 Å². The van der Waals surface area contributed by atoms with Crippen molar-refractivity contribution >= 4 is 16.7 Å². The van der Waals surface area contributed by atoms with Crippen LogP contribution in [-0.4, -0.2) is 30.2 Å². The number of rotatable bonds is 4. The van der Waals surface area contributed by atoms with Gasteiger partial charge in [-0.1, -0.05) is 0 Å². The highest BCUT2D eigenvalue weighted by atomic mass is 32.2. The van der Waals surface area contributed by atoms with Crippen molar-refractivity contribution in [1.29, 1.82) is 0 Å². The van der Waals surface area contributed by atoms with Crippen LogP contribution in [0.4, 0.5) is 0 Å². The third kappa shape index (κ3) is 3.50. The summed E-state index contributed by atoms with van der Waals surface area (Å²) in [7, 11) is 1.98. The molecule has 0 bridgehead atoms. The largest absolute Gasteiger partial charge is 0.497 e. The Morgan fingerprint density at radius 3 is 2.41 bits per heavy atom. The smallest absolute Gasteiger partial charge is 0.211 e. The molecule has 1 aromatic rings. The fourth-order valence-electron chi connectivity index (χ4n) is 2.08. The zero-order valence-electron chi connectivity index (χ0n) is 10.3. The quantitative estimate of drug-likeness (QED) is 0.607. The molecule has 2 nitrogen and oxygen atoms in total. The van der Waals surface area contributed by atoms with Crippen LogP contribution in [0.25, 0.3) is 0 Å². The Hall–Kier alpha value is -0.960. The Labute approximate surface area is 106 Å². The van der Waals surface area contributed by atoms with E-state index < -0.39 is 0 Å². The van der Waals surface area contributed by atoms with Crippen LogP contribution in [0.2, 0.25) is 0 Å². The van der Waals surface area contributed by atoms with E-state index in [1.165, 1.54) is 30.8 Å². The molecule has 0 radical (unpaired) electrons. The van der Waals surface area contributed by atoms with Crippen LogP contribution in [0.5, 0.6) is 5.75 Å². The van der Waals surface area contributed by atoms with Crippen LogP contribution in [0.1, 0.15) is 29.6 Å². The lowest BCUT2D eigenvalue weighted by Gasteiger charge is -2.12. The monoisotopic (exact) mass is 251 g/mol. The summed E-state index contributed by atoms with van der Waals surface area (Å²) in [5, 5.41) is 0. The molecule has 0 unspecified atom stereocenters. The van der Waals surface area contributed by atoms with Crippen molar-refractivity contribution in [2.45, 2.75) is 19.3 Å². The van der Waals surface area contributed by atoms with Gasteiger partial charge in [0, 0.05) is 5.56 Å². The molecule has 1 heterocycles. The van der Waals surface area contributed by atoms with Gasteiger partial charge in [-0.2, -0.15) is 0 Å². The second kappa shape index (κ2) is 6.10. The molecule has 0 aliphatic carbocycles. The summed E-state index contributed by atoms with van der Waals surface area (Å²) in [5.41, 5.74) is 0.823. The number of benzene rings is 1. The van der Waals surface area contributed by atoms with E-state index in [1.54, 1.807) is 7.11 Å². The molecule has 0 amide bonds. The lowest BCUT2D eigenvalue weighted by molar-refractivity contribution is 0.102. The Morgan fingerprint density at radius 2 is 1.82 bits per heavy atom. The Bertz CT molecular complexity index is 366. The number of ketones is 1. The minimum absolute atomic E-state index is 0.290. The predicted molar refractivity (Wildman–Crippen MR) is 73.1 cm³/mol. The average Bonchev–Trinajstić information content (AvgIpc) is 2.40. The molecule has 0 atom stereocenters. The first kappa shape index (κ1) is 12.5. The van der Waals surface area contributed by atoms with Gasteiger partial charge in [0.15, 0.2) is 5.75 Å². The zero-order valence-corrected chi connectivity index (χ0v) is 11.1. The van der Waals surface area contributed by atoms with Gasteiger partial charge in [-0.3, -0.25) is 4.79 Å². The van der Waals surface area contributed by atoms with Crippen molar-refractivity contribution in [3.63, 3.8) is 0 Å². The predicted octanol–water partition coefficient (Wildman–Crippen LogP) is 2.68. The maximum absolute atomic E-state index is 12.1. The van der Waals surface area contributed by atoms with Gasteiger partial charge in [0.1, 0.15) is 17.3 Å².